The molecule has 1 aromatic heterocycles. The van der Waals surface area contributed by atoms with E-state index in [9.17, 15) is 0 Å². The van der Waals surface area contributed by atoms with E-state index in [1.54, 1.807) is 0 Å². The summed E-state index contributed by atoms with van der Waals surface area (Å²) in [6, 6.07) is 0.421. The van der Waals surface area contributed by atoms with Crippen molar-refractivity contribution in [3.05, 3.63) is 12.2 Å². The average molecular weight is 239 g/mol. The first kappa shape index (κ1) is 16.1. The Balaban J connectivity index is 0.00000121. The molecule has 0 aliphatic carbocycles. The first-order valence-electron chi connectivity index (χ1n) is 6.70. The van der Waals surface area contributed by atoms with Crippen LogP contribution in [0.1, 0.15) is 79.6 Å². The van der Waals surface area contributed by atoms with Crippen LogP contribution in [0.5, 0.6) is 0 Å². The lowest BCUT2D eigenvalue weighted by Gasteiger charge is -2.23. The van der Waals surface area contributed by atoms with Crippen LogP contribution in [0.4, 0.5) is 0 Å². The normalized spacial score (nSPS) is 13.2. The fraction of sp³-hybridized carbons (Fsp3) is 0.857. The molecular weight excluding hydrogens is 210 g/mol. The Labute approximate surface area is 107 Å². The second kappa shape index (κ2) is 6.77. The maximum atomic E-state index is 4.50. The van der Waals surface area contributed by atoms with Crippen molar-refractivity contribution in [1.29, 1.82) is 0 Å². The molecule has 100 valence electrons. The van der Waals surface area contributed by atoms with Gasteiger partial charge in [0.1, 0.15) is 6.33 Å². The van der Waals surface area contributed by atoms with Crippen LogP contribution in [0.15, 0.2) is 6.33 Å². The molecular formula is C14H29N3. The van der Waals surface area contributed by atoms with Crippen molar-refractivity contribution in [1.82, 2.24) is 14.8 Å². The highest BCUT2D eigenvalue weighted by atomic mass is 15.3. The second-order valence-corrected chi connectivity index (χ2v) is 5.85. The molecule has 1 atom stereocenters. The maximum absolute atomic E-state index is 4.50. The highest BCUT2D eigenvalue weighted by Gasteiger charge is 2.17. The Kier molecular flexibility index (Phi) is 6.43. The zero-order valence-electron chi connectivity index (χ0n) is 12.8. The molecule has 0 saturated carbocycles. The van der Waals surface area contributed by atoms with Gasteiger partial charge in [-0.05, 0) is 18.8 Å². The van der Waals surface area contributed by atoms with Crippen molar-refractivity contribution in [2.24, 2.45) is 5.41 Å². The summed E-state index contributed by atoms with van der Waals surface area (Å²) >= 11 is 0. The summed E-state index contributed by atoms with van der Waals surface area (Å²) in [6.45, 7) is 17.2. The fourth-order valence-electron chi connectivity index (χ4n) is 1.74. The zero-order valence-corrected chi connectivity index (χ0v) is 12.8. The summed E-state index contributed by atoms with van der Waals surface area (Å²) in [5, 5.41) is 4.50. The van der Waals surface area contributed by atoms with E-state index < -0.39 is 0 Å². The highest BCUT2D eigenvalue weighted by molar-refractivity contribution is 4.89. The first-order chi connectivity index (χ1) is 7.79. The lowest BCUT2D eigenvalue weighted by atomic mass is 9.89. The van der Waals surface area contributed by atoms with Gasteiger partial charge in [0.05, 0.1) is 6.04 Å². The molecule has 1 heterocycles. The third-order valence-electron chi connectivity index (χ3n) is 2.40. The predicted molar refractivity (Wildman–Crippen MR) is 74.2 cm³/mol. The molecule has 0 bridgehead atoms. The van der Waals surface area contributed by atoms with Crippen LogP contribution in [0.3, 0.4) is 0 Å². The Morgan fingerprint density at radius 3 is 2.06 bits per heavy atom. The molecule has 17 heavy (non-hydrogen) atoms. The number of nitrogens with zero attached hydrogens (tertiary/aromatic N) is 3. The van der Waals surface area contributed by atoms with Crippen molar-refractivity contribution < 1.29 is 0 Å². The van der Waals surface area contributed by atoms with E-state index in [1.807, 2.05) is 24.9 Å². The molecule has 1 unspecified atom stereocenters. The lowest BCUT2D eigenvalue weighted by molar-refractivity contribution is 0.292. The Morgan fingerprint density at radius 1 is 1.18 bits per heavy atom. The predicted octanol–water partition coefficient (Wildman–Crippen LogP) is 4.42. The summed E-state index contributed by atoms with van der Waals surface area (Å²) in [5.74, 6) is 1.35. The van der Waals surface area contributed by atoms with Crippen LogP contribution >= 0.6 is 0 Å². The highest BCUT2D eigenvalue weighted by Crippen LogP contribution is 2.26. The van der Waals surface area contributed by atoms with Gasteiger partial charge in [-0.25, -0.2) is 9.67 Å². The Bertz CT molecular complexity index is 308. The lowest BCUT2D eigenvalue weighted by Crippen LogP contribution is -2.15. The van der Waals surface area contributed by atoms with Gasteiger partial charge in [0, 0.05) is 5.92 Å². The summed E-state index contributed by atoms with van der Waals surface area (Å²) in [6.07, 6.45) is 2.97. The number of hydrogen-bond acceptors (Lipinski definition) is 2. The van der Waals surface area contributed by atoms with Crippen LogP contribution in [-0.4, -0.2) is 14.8 Å². The molecule has 0 fully saturated rings. The minimum Gasteiger partial charge on any atom is -0.250 e. The van der Waals surface area contributed by atoms with Crippen LogP contribution in [0.25, 0.3) is 0 Å². The van der Waals surface area contributed by atoms with Gasteiger partial charge >= 0.3 is 0 Å². The number of rotatable bonds is 3. The molecule has 0 aliphatic rings. The molecule has 3 nitrogen and oxygen atoms in total. The minimum absolute atomic E-state index is 0.337. The van der Waals surface area contributed by atoms with Gasteiger partial charge in [0.25, 0.3) is 0 Å². The van der Waals surface area contributed by atoms with E-state index in [1.165, 1.54) is 0 Å². The number of hydrogen-bond donors (Lipinski definition) is 0. The molecule has 0 spiro atoms. The van der Waals surface area contributed by atoms with E-state index in [4.69, 9.17) is 0 Å². The summed E-state index contributed by atoms with van der Waals surface area (Å²) in [4.78, 5) is 4.32. The fourth-order valence-corrected chi connectivity index (χ4v) is 1.74. The Morgan fingerprint density at radius 2 is 1.71 bits per heavy atom. The Hall–Kier alpha value is -0.860. The summed E-state index contributed by atoms with van der Waals surface area (Å²) in [7, 11) is 0. The van der Waals surface area contributed by atoms with E-state index in [-0.39, 0.29) is 0 Å². The SMILES string of the molecule is CC.CC(C)c1ncn(C(C)CC(C)(C)C)n1. The minimum atomic E-state index is 0.337. The van der Waals surface area contributed by atoms with Crippen molar-refractivity contribution in [2.75, 3.05) is 0 Å². The van der Waals surface area contributed by atoms with E-state index in [0.717, 1.165) is 12.2 Å². The van der Waals surface area contributed by atoms with Crippen LogP contribution < -0.4 is 0 Å². The molecule has 1 aromatic rings. The molecule has 0 N–H and O–H groups in total. The van der Waals surface area contributed by atoms with Crippen molar-refractivity contribution in [3.63, 3.8) is 0 Å². The second-order valence-electron chi connectivity index (χ2n) is 5.85. The van der Waals surface area contributed by atoms with Gasteiger partial charge in [-0.1, -0.05) is 48.5 Å². The molecule has 0 saturated heterocycles. The molecule has 3 heteroatoms. The van der Waals surface area contributed by atoms with Gasteiger partial charge in [-0.2, -0.15) is 5.10 Å². The van der Waals surface area contributed by atoms with E-state index in [0.29, 0.717) is 17.4 Å². The number of aromatic nitrogens is 3. The van der Waals surface area contributed by atoms with Gasteiger partial charge < -0.3 is 0 Å². The molecule has 0 radical (unpaired) electrons. The molecule has 0 amide bonds. The first-order valence-corrected chi connectivity index (χ1v) is 6.70. The van der Waals surface area contributed by atoms with Crippen LogP contribution in [0.2, 0.25) is 0 Å². The van der Waals surface area contributed by atoms with Gasteiger partial charge in [-0.15, -0.1) is 0 Å². The summed E-state index contributed by atoms with van der Waals surface area (Å²) in [5.41, 5.74) is 0.337. The third kappa shape index (κ3) is 5.85. The zero-order chi connectivity index (χ0) is 13.6. The average Bonchev–Trinajstić information content (AvgIpc) is 2.67. The van der Waals surface area contributed by atoms with Gasteiger partial charge in [0.2, 0.25) is 0 Å². The molecule has 0 aliphatic heterocycles. The van der Waals surface area contributed by atoms with Crippen LogP contribution in [-0.2, 0) is 0 Å². The van der Waals surface area contributed by atoms with Crippen molar-refractivity contribution in [3.8, 4) is 0 Å². The quantitative estimate of drug-likeness (QED) is 0.781. The van der Waals surface area contributed by atoms with Crippen LogP contribution in [0, 0.1) is 5.41 Å². The third-order valence-corrected chi connectivity index (χ3v) is 2.40. The van der Waals surface area contributed by atoms with Crippen molar-refractivity contribution >= 4 is 0 Å². The monoisotopic (exact) mass is 239 g/mol. The van der Waals surface area contributed by atoms with E-state index >= 15 is 0 Å². The summed E-state index contributed by atoms with van der Waals surface area (Å²) < 4.78 is 1.99. The topological polar surface area (TPSA) is 30.7 Å². The van der Waals surface area contributed by atoms with E-state index in [2.05, 4.69) is 51.6 Å². The smallest absolute Gasteiger partial charge is 0.153 e. The molecule has 0 aromatic carbocycles. The largest absolute Gasteiger partial charge is 0.250 e. The van der Waals surface area contributed by atoms with Crippen molar-refractivity contribution in [2.45, 2.75) is 73.8 Å². The van der Waals surface area contributed by atoms with Gasteiger partial charge in [0.15, 0.2) is 5.82 Å². The van der Waals surface area contributed by atoms with Gasteiger partial charge in [-0.3, -0.25) is 0 Å². The molecule has 1 rings (SSSR count). The maximum Gasteiger partial charge on any atom is 0.153 e. The standard InChI is InChI=1S/C12H23N3.C2H6/c1-9(2)11-13-8-15(14-11)10(3)7-12(4,5)6;1-2/h8-10H,7H2,1-6H3;1-2H3.